The molecule has 0 aliphatic rings. The third-order valence-corrected chi connectivity index (χ3v) is 2.51. The predicted octanol–water partition coefficient (Wildman–Crippen LogP) is 3.13. The number of benzene rings is 1. The number of hydrogen-bond acceptors (Lipinski definition) is 3. The van der Waals surface area contributed by atoms with Crippen LogP contribution in [0.5, 0.6) is 5.75 Å². The molecule has 0 saturated carbocycles. The Morgan fingerprint density at radius 3 is 2.65 bits per heavy atom. The van der Waals surface area contributed by atoms with Crippen LogP contribution in [0.1, 0.15) is 6.92 Å². The number of hydrogen-bond donors (Lipinski definition) is 0. The van der Waals surface area contributed by atoms with Gasteiger partial charge in [0.15, 0.2) is 11.6 Å². The summed E-state index contributed by atoms with van der Waals surface area (Å²) < 4.78 is 31.5. The van der Waals surface area contributed by atoms with Crippen LogP contribution in [0.4, 0.5) is 14.5 Å². The molecule has 0 amide bonds. The van der Waals surface area contributed by atoms with E-state index in [2.05, 4.69) is 0 Å². The van der Waals surface area contributed by atoms with Gasteiger partial charge >= 0.3 is 5.69 Å². The molecule has 0 heterocycles. The van der Waals surface area contributed by atoms with Crippen molar-refractivity contribution >= 4 is 17.3 Å². The molecular formula is C10H10ClF2NO3. The van der Waals surface area contributed by atoms with Gasteiger partial charge in [0.05, 0.1) is 17.6 Å². The maximum absolute atomic E-state index is 13.3. The highest BCUT2D eigenvalue weighted by Gasteiger charge is 2.19. The highest BCUT2D eigenvalue weighted by Crippen LogP contribution is 2.26. The summed E-state index contributed by atoms with van der Waals surface area (Å²) in [5.41, 5.74) is -0.916. The zero-order valence-electron chi connectivity index (χ0n) is 8.95. The number of nitro groups is 1. The first kappa shape index (κ1) is 13.6. The van der Waals surface area contributed by atoms with E-state index < -0.39 is 22.2 Å². The van der Waals surface area contributed by atoms with Gasteiger partial charge in [-0.3, -0.25) is 10.1 Å². The van der Waals surface area contributed by atoms with Gasteiger partial charge < -0.3 is 4.74 Å². The second-order valence-electron chi connectivity index (χ2n) is 3.56. The van der Waals surface area contributed by atoms with Crippen LogP contribution in [-0.4, -0.2) is 17.4 Å². The molecule has 0 spiro atoms. The summed E-state index contributed by atoms with van der Waals surface area (Å²) in [5.74, 6) is -2.18. The van der Waals surface area contributed by atoms with Gasteiger partial charge in [0, 0.05) is 17.9 Å². The Balaban J connectivity index is 2.88. The van der Waals surface area contributed by atoms with Crippen LogP contribution >= 0.6 is 11.6 Å². The van der Waals surface area contributed by atoms with E-state index in [9.17, 15) is 18.9 Å². The Morgan fingerprint density at radius 1 is 1.47 bits per heavy atom. The van der Waals surface area contributed by atoms with Crippen molar-refractivity contribution in [2.24, 2.45) is 5.92 Å². The minimum absolute atomic E-state index is 0.0330. The highest BCUT2D eigenvalue weighted by atomic mass is 35.5. The lowest BCUT2D eigenvalue weighted by molar-refractivity contribution is -0.387. The van der Waals surface area contributed by atoms with Crippen LogP contribution in [0, 0.1) is 27.7 Å². The molecule has 17 heavy (non-hydrogen) atoms. The summed E-state index contributed by atoms with van der Waals surface area (Å²) in [6, 6.07) is 1.16. The van der Waals surface area contributed by atoms with Gasteiger partial charge in [0.2, 0.25) is 5.82 Å². The molecule has 1 unspecified atom stereocenters. The highest BCUT2D eigenvalue weighted by molar-refractivity contribution is 6.18. The van der Waals surface area contributed by atoms with Gasteiger partial charge in [0.1, 0.15) is 0 Å². The predicted molar refractivity (Wildman–Crippen MR) is 58.4 cm³/mol. The molecule has 0 aromatic heterocycles. The van der Waals surface area contributed by atoms with Crippen LogP contribution in [0.3, 0.4) is 0 Å². The van der Waals surface area contributed by atoms with E-state index in [1.807, 2.05) is 0 Å². The summed E-state index contributed by atoms with van der Waals surface area (Å²) in [4.78, 5) is 9.34. The fraction of sp³-hybridized carbons (Fsp3) is 0.400. The molecule has 0 N–H and O–H groups in total. The van der Waals surface area contributed by atoms with Crippen molar-refractivity contribution < 1.29 is 18.4 Å². The van der Waals surface area contributed by atoms with Crippen molar-refractivity contribution in [1.29, 1.82) is 0 Å². The van der Waals surface area contributed by atoms with E-state index in [1.165, 1.54) is 0 Å². The molecule has 0 aliphatic carbocycles. The second-order valence-corrected chi connectivity index (χ2v) is 3.87. The molecule has 94 valence electrons. The average molecular weight is 266 g/mol. The average Bonchev–Trinajstić information content (AvgIpc) is 2.28. The molecule has 0 fully saturated rings. The van der Waals surface area contributed by atoms with Gasteiger partial charge in [-0.2, -0.15) is 4.39 Å². The van der Waals surface area contributed by atoms with Gasteiger partial charge in [-0.05, 0) is 0 Å². The molecule has 7 heteroatoms. The first-order valence-corrected chi connectivity index (χ1v) is 5.31. The Morgan fingerprint density at radius 2 is 2.12 bits per heavy atom. The fourth-order valence-electron chi connectivity index (χ4n) is 1.05. The van der Waals surface area contributed by atoms with Gasteiger partial charge in [0.25, 0.3) is 0 Å². The summed E-state index contributed by atoms with van der Waals surface area (Å²) in [6.45, 7) is 1.88. The molecule has 0 radical (unpaired) electrons. The van der Waals surface area contributed by atoms with E-state index >= 15 is 0 Å². The van der Waals surface area contributed by atoms with Gasteiger partial charge in [-0.15, -0.1) is 11.6 Å². The monoisotopic (exact) mass is 265 g/mol. The van der Waals surface area contributed by atoms with Crippen molar-refractivity contribution in [3.63, 3.8) is 0 Å². The van der Waals surface area contributed by atoms with Crippen molar-refractivity contribution in [2.75, 3.05) is 12.5 Å². The molecule has 4 nitrogen and oxygen atoms in total. The molecule has 0 saturated heterocycles. The fourth-order valence-corrected chi connectivity index (χ4v) is 1.13. The third-order valence-electron chi connectivity index (χ3n) is 1.98. The number of nitro benzene ring substituents is 1. The maximum atomic E-state index is 13.3. The summed E-state index contributed by atoms with van der Waals surface area (Å²) >= 11 is 5.52. The Hall–Kier alpha value is -1.43. The minimum Gasteiger partial charge on any atom is -0.490 e. The first-order chi connectivity index (χ1) is 7.95. The van der Waals surface area contributed by atoms with E-state index in [0.29, 0.717) is 18.0 Å². The zero-order chi connectivity index (χ0) is 13.0. The smallest absolute Gasteiger partial charge is 0.307 e. The molecule has 1 rings (SSSR count). The molecule has 0 bridgehead atoms. The Bertz CT molecular complexity index is 428. The van der Waals surface area contributed by atoms with Crippen molar-refractivity contribution in [3.8, 4) is 5.75 Å². The molecule has 1 atom stereocenters. The Kier molecular flexibility index (Phi) is 4.62. The standard InChI is InChI=1S/C10H10ClF2NO3/c1-6(4-11)5-17-10-3-7(12)9(14(15)16)2-8(10)13/h2-3,6H,4-5H2,1H3. The molecular weight excluding hydrogens is 256 g/mol. The molecule has 0 aliphatic heterocycles. The van der Waals surface area contributed by atoms with Crippen LogP contribution < -0.4 is 4.74 Å². The van der Waals surface area contributed by atoms with E-state index in [-0.39, 0.29) is 18.3 Å². The molecule has 1 aromatic rings. The lowest BCUT2D eigenvalue weighted by Crippen LogP contribution is -2.10. The quantitative estimate of drug-likeness (QED) is 0.467. The van der Waals surface area contributed by atoms with Crippen molar-refractivity contribution in [2.45, 2.75) is 6.92 Å². The third kappa shape index (κ3) is 3.52. The largest absolute Gasteiger partial charge is 0.490 e. The van der Waals surface area contributed by atoms with Crippen molar-refractivity contribution in [1.82, 2.24) is 0 Å². The van der Waals surface area contributed by atoms with E-state index in [1.54, 1.807) is 6.92 Å². The number of nitrogens with zero attached hydrogens (tertiary/aromatic N) is 1. The van der Waals surface area contributed by atoms with Crippen LogP contribution in [-0.2, 0) is 0 Å². The van der Waals surface area contributed by atoms with Crippen molar-refractivity contribution in [3.05, 3.63) is 33.9 Å². The second kappa shape index (κ2) is 5.77. The summed E-state index contributed by atoms with van der Waals surface area (Å²) in [6.07, 6.45) is 0. The first-order valence-electron chi connectivity index (χ1n) is 4.78. The SMILES string of the molecule is CC(CCl)COc1cc(F)c([N+](=O)[O-])cc1F. The lowest BCUT2D eigenvalue weighted by atomic mass is 10.2. The Labute approximate surface area is 101 Å². The molecule has 1 aromatic carbocycles. The normalized spacial score (nSPS) is 12.2. The van der Waals surface area contributed by atoms with Gasteiger partial charge in [-0.25, -0.2) is 4.39 Å². The number of rotatable bonds is 5. The number of alkyl halides is 1. The van der Waals surface area contributed by atoms with Crippen LogP contribution in [0.2, 0.25) is 0 Å². The topological polar surface area (TPSA) is 52.4 Å². The zero-order valence-corrected chi connectivity index (χ0v) is 9.71. The number of ether oxygens (including phenoxy) is 1. The van der Waals surface area contributed by atoms with E-state index in [4.69, 9.17) is 16.3 Å². The van der Waals surface area contributed by atoms with E-state index in [0.717, 1.165) is 0 Å². The van der Waals surface area contributed by atoms with Gasteiger partial charge in [-0.1, -0.05) is 6.92 Å². The summed E-state index contributed by atoms with van der Waals surface area (Å²) in [7, 11) is 0. The lowest BCUT2D eigenvalue weighted by Gasteiger charge is -2.10. The summed E-state index contributed by atoms with van der Waals surface area (Å²) in [5, 5.41) is 10.3. The van der Waals surface area contributed by atoms with Crippen LogP contribution in [0.25, 0.3) is 0 Å². The number of halogens is 3. The minimum atomic E-state index is -1.13. The van der Waals surface area contributed by atoms with Crippen LogP contribution in [0.15, 0.2) is 12.1 Å². The maximum Gasteiger partial charge on any atom is 0.307 e.